The van der Waals surface area contributed by atoms with Crippen LogP contribution in [0.5, 0.6) is 0 Å². The number of hydrogen-bond acceptors (Lipinski definition) is 4. The molecular weight excluding hydrogens is 212 g/mol. The summed E-state index contributed by atoms with van der Waals surface area (Å²) in [4.78, 5) is 21.5. The van der Waals surface area contributed by atoms with Crippen molar-refractivity contribution in [2.75, 3.05) is 0 Å². The molecule has 0 spiro atoms. The van der Waals surface area contributed by atoms with Crippen LogP contribution in [-0.4, -0.2) is 44.4 Å². The van der Waals surface area contributed by atoms with E-state index in [0.717, 1.165) is 0 Å². The van der Waals surface area contributed by atoms with Gasteiger partial charge in [-0.2, -0.15) is 5.06 Å². The van der Waals surface area contributed by atoms with E-state index >= 15 is 0 Å². The zero-order valence-electron chi connectivity index (χ0n) is 9.94. The average molecular weight is 230 g/mol. The highest BCUT2D eigenvalue weighted by Crippen LogP contribution is 2.38. The molecular formula is C10H18N2O4. The highest BCUT2D eigenvalue weighted by atomic mass is 16.5. The average Bonchev–Trinajstić information content (AvgIpc) is 2.27. The van der Waals surface area contributed by atoms with Crippen LogP contribution >= 0.6 is 0 Å². The lowest BCUT2D eigenvalue weighted by Crippen LogP contribution is -2.54. The van der Waals surface area contributed by atoms with Crippen LogP contribution in [0.25, 0.3) is 0 Å². The maximum atomic E-state index is 11.1. The number of carbonyl (C=O) groups excluding carboxylic acids is 1. The Balaban J connectivity index is 2.84. The molecule has 6 nitrogen and oxygen atoms in total. The summed E-state index contributed by atoms with van der Waals surface area (Å²) in [6, 6.07) is -0.393. The molecule has 1 unspecified atom stereocenters. The second-order valence-electron chi connectivity index (χ2n) is 5.31. The number of rotatable bonds is 1. The Morgan fingerprint density at radius 3 is 2.12 bits per heavy atom. The first-order valence-electron chi connectivity index (χ1n) is 5.12. The monoisotopic (exact) mass is 230 g/mol. The number of carbonyl (C=O) groups is 2. The van der Waals surface area contributed by atoms with Crippen molar-refractivity contribution in [3.63, 3.8) is 0 Å². The van der Waals surface area contributed by atoms with Crippen LogP contribution in [0.15, 0.2) is 0 Å². The van der Waals surface area contributed by atoms with Gasteiger partial charge in [0.15, 0.2) is 0 Å². The first kappa shape index (κ1) is 12.9. The molecule has 1 fully saturated rings. The molecule has 1 atom stereocenters. The third kappa shape index (κ3) is 2.03. The summed E-state index contributed by atoms with van der Waals surface area (Å²) in [7, 11) is 0. The van der Waals surface area contributed by atoms with Crippen LogP contribution in [0.4, 0.5) is 0 Å². The fourth-order valence-corrected chi connectivity index (χ4v) is 2.21. The molecule has 1 aliphatic heterocycles. The van der Waals surface area contributed by atoms with Gasteiger partial charge in [0.2, 0.25) is 0 Å². The molecule has 0 aromatic carbocycles. The van der Waals surface area contributed by atoms with E-state index in [2.05, 4.69) is 5.32 Å². The van der Waals surface area contributed by atoms with Crippen molar-refractivity contribution in [2.45, 2.75) is 51.2 Å². The Bertz CT molecular complexity index is 325. The number of hydrogen-bond donors (Lipinski definition) is 3. The van der Waals surface area contributed by atoms with Crippen molar-refractivity contribution in [2.24, 2.45) is 0 Å². The van der Waals surface area contributed by atoms with E-state index in [9.17, 15) is 14.8 Å². The van der Waals surface area contributed by atoms with Gasteiger partial charge in [0.1, 0.15) is 0 Å². The minimum Gasteiger partial charge on any atom is -0.474 e. The maximum absolute atomic E-state index is 11.1. The predicted molar refractivity (Wildman–Crippen MR) is 56.0 cm³/mol. The number of hydroxylamine groups is 2. The molecule has 1 aliphatic rings. The number of amides is 1. The number of nitrogens with zero attached hydrogens (tertiary/aromatic N) is 1. The fourth-order valence-electron chi connectivity index (χ4n) is 2.21. The third-order valence-corrected chi connectivity index (χ3v) is 3.18. The predicted octanol–water partition coefficient (Wildman–Crippen LogP) is 0.208. The molecule has 1 amide bonds. The van der Waals surface area contributed by atoms with Crippen LogP contribution in [0, 0.1) is 0 Å². The summed E-state index contributed by atoms with van der Waals surface area (Å²) < 4.78 is 0. The summed E-state index contributed by atoms with van der Waals surface area (Å²) >= 11 is 0. The van der Waals surface area contributed by atoms with Crippen molar-refractivity contribution < 1.29 is 19.9 Å². The standard InChI is InChI=1S/C10H18N2O4/c1-9(2)5-6(10(3,4)12(9)16)11-7(13)8(14)15/h6,16H,5H2,1-4H3,(H,11,13)(H,14,15). The largest absolute Gasteiger partial charge is 0.474 e. The molecule has 3 N–H and O–H groups in total. The number of carboxylic acid groups (broad SMARTS) is 1. The van der Waals surface area contributed by atoms with Gasteiger partial charge in [0, 0.05) is 5.54 Å². The van der Waals surface area contributed by atoms with Gasteiger partial charge >= 0.3 is 11.9 Å². The third-order valence-electron chi connectivity index (χ3n) is 3.18. The maximum Gasteiger partial charge on any atom is 0.394 e. The summed E-state index contributed by atoms with van der Waals surface area (Å²) in [5.74, 6) is -2.55. The van der Waals surface area contributed by atoms with E-state index < -0.39 is 29.0 Å². The van der Waals surface area contributed by atoms with Crippen LogP contribution < -0.4 is 5.32 Å². The second kappa shape index (κ2) is 3.71. The Morgan fingerprint density at radius 1 is 1.31 bits per heavy atom. The highest BCUT2D eigenvalue weighted by molar-refractivity contribution is 6.31. The Hall–Kier alpha value is -1.14. The van der Waals surface area contributed by atoms with Crippen LogP contribution in [0.1, 0.15) is 34.1 Å². The van der Waals surface area contributed by atoms with Gasteiger partial charge in [-0.15, -0.1) is 0 Å². The lowest BCUT2D eigenvalue weighted by Gasteiger charge is -2.35. The van der Waals surface area contributed by atoms with Gasteiger partial charge in [-0.25, -0.2) is 4.79 Å². The summed E-state index contributed by atoms with van der Waals surface area (Å²) in [6.45, 7) is 7.19. The van der Waals surface area contributed by atoms with E-state index in [1.54, 1.807) is 13.8 Å². The molecule has 0 aliphatic carbocycles. The molecule has 0 radical (unpaired) electrons. The quantitative estimate of drug-likeness (QED) is 0.560. The normalized spacial score (nSPS) is 27.7. The van der Waals surface area contributed by atoms with Gasteiger partial charge in [-0.05, 0) is 34.1 Å². The zero-order chi connectivity index (χ0) is 12.7. The molecule has 1 saturated heterocycles. The van der Waals surface area contributed by atoms with E-state index in [1.807, 2.05) is 13.8 Å². The van der Waals surface area contributed by atoms with Crippen LogP contribution in [0.3, 0.4) is 0 Å². The molecule has 0 bridgehead atoms. The van der Waals surface area contributed by atoms with Gasteiger partial charge in [-0.3, -0.25) is 4.79 Å². The molecule has 16 heavy (non-hydrogen) atoms. The minimum atomic E-state index is -1.51. The lowest BCUT2D eigenvalue weighted by molar-refractivity contribution is -0.194. The zero-order valence-corrected chi connectivity index (χ0v) is 9.94. The number of nitrogens with one attached hydrogen (secondary N) is 1. The Labute approximate surface area is 94.2 Å². The molecule has 0 saturated carbocycles. The van der Waals surface area contributed by atoms with Gasteiger partial charge in [-0.1, -0.05) is 0 Å². The Morgan fingerprint density at radius 2 is 1.81 bits per heavy atom. The smallest absolute Gasteiger partial charge is 0.394 e. The SMILES string of the molecule is CC1(C)CC(NC(=O)C(=O)O)C(C)(C)N1O. The molecule has 0 aromatic rings. The lowest BCUT2D eigenvalue weighted by atomic mass is 9.94. The first-order chi connectivity index (χ1) is 7.09. The van der Waals surface area contributed by atoms with E-state index in [1.165, 1.54) is 5.06 Å². The summed E-state index contributed by atoms with van der Waals surface area (Å²) in [5.41, 5.74) is -1.17. The molecule has 1 heterocycles. The first-order valence-corrected chi connectivity index (χ1v) is 5.12. The molecule has 92 valence electrons. The van der Waals surface area contributed by atoms with Gasteiger partial charge in [0.05, 0.1) is 11.6 Å². The minimum absolute atomic E-state index is 0.393. The van der Waals surface area contributed by atoms with Crippen LogP contribution in [-0.2, 0) is 9.59 Å². The van der Waals surface area contributed by atoms with Crippen molar-refractivity contribution >= 4 is 11.9 Å². The molecule has 1 rings (SSSR count). The summed E-state index contributed by atoms with van der Waals surface area (Å²) in [6.07, 6.45) is 0.496. The van der Waals surface area contributed by atoms with E-state index in [4.69, 9.17) is 5.11 Å². The highest BCUT2D eigenvalue weighted by Gasteiger charge is 2.52. The van der Waals surface area contributed by atoms with Crippen molar-refractivity contribution in [1.82, 2.24) is 10.4 Å². The van der Waals surface area contributed by atoms with Gasteiger partial charge < -0.3 is 15.6 Å². The van der Waals surface area contributed by atoms with Gasteiger partial charge in [0.25, 0.3) is 0 Å². The van der Waals surface area contributed by atoms with Crippen molar-refractivity contribution in [3.8, 4) is 0 Å². The van der Waals surface area contributed by atoms with E-state index in [0.29, 0.717) is 6.42 Å². The molecule has 6 heteroatoms. The number of aliphatic carboxylic acids is 1. The second-order valence-corrected chi connectivity index (χ2v) is 5.31. The summed E-state index contributed by atoms with van der Waals surface area (Å²) in [5, 5.41) is 22.0. The number of carboxylic acids is 1. The topological polar surface area (TPSA) is 89.9 Å². The van der Waals surface area contributed by atoms with Crippen LogP contribution in [0.2, 0.25) is 0 Å². The molecule has 0 aromatic heterocycles. The van der Waals surface area contributed by atoms with Crippen molar-refractivity contribution in [1.29, 1.82) is 0 Å². The van der Waals surface area contributed by atoms with E-state index in [-0.39, 0.29) is 0 Å². The fraction of sp³-hybridized carbons (Fsp3) is 0.800. The Kier molecular flexibility index (Phi) is 3.00. The van der Waals surface area contributed by atoms with Crippen molar-refractivity contribution in [3.05, 3.63) is 0 Å².